The molecule has 0 aromatic heterocycles. The Morgan fingerprint density at radius 2 is 2.18 bits per heavy atom. The maximum Gasteiger partial charge on any atom is 0.307 e. The summed E-state index contributed by atoms with van der Waals surface area (Å²) in [6.07, 6.45) is 0. The molecule has 2 rings (SSSR count). The van der Waals surface area contributed by atoms with Gasteiger partial charge in [-0.1, -0.05) is 25.1 Å². The first-order valence-electron chi connectivity index (χ1n) is 5.94. The highest BCUT2D eigenvalue weighted by Gasteiger charge is 2.28. The molecule has 0 bridgehead atoms. The third kappa shape index (κ3) is 2.77. The minimum atomic E-state index is -0.739. The van der Waals surface area contributed by atoms with Crippen molar-refractivity contribution >= 4 is 11.7 Å². The van der Waals surface area contributed by atoms with Crippen molar-refractivity contribution in [2.45, 2.75) is 13.0 Å². The summed E-state index contributed by atoms with van der Waals surface area (Å²) < 4.78 is 0. The van der Waals surface area contributed by atoms with Gasteiger partial charge in [-0.3, -0.25) is 4.79 Å². The highest BCUT2D eigenvalue weighted by Crippen LogP contribution is 2.17. The van der Waals surface area contributed by atoms with Gasteiger partial charge in [-0.2, -0.15) is 0 Å². The molecule has 0 spiro atoms. The summed E-state index contributed by atoms with van der Waals surface area (Å²) in [7, 11) is 0. The monoisotopic (exact) mass is 234 g/mol. The predicted molar refractivity (Wildman–Crippen MR) is 67.2 cm³/mol. The molecule has 1 aliphatic heterocycles. The quantitative estimate of drug-likeness (QED) is 0.824. The van der Waals surface area contributed by atoms with Crippen molar-refractivity contribution in [1.82, 2.24) is 5.32 Å². The molecule has 4 nitrogen and oxygen atoms in total. The van der Waals surface area contributed by atoms with Crippen LogP contribution in [0.4, 0.5) is 5.69 Å². The summed E-state index contributed by atoms with van der Waals surface area (Å²) in [4.78, 5) is 13.2. The SMILES string of the molecule is CC(C(=O)O)C1CN(c2ccccc2)CCN1. The Morgan fingerprint density at radius 1 is 1.47 bits per heavy atom. The fraction of sp³-hybridized carbons (Fsp3) is 0.462. The lowest BCUT2D eigenvalue weighted by atomic mass is 9.99. The van der Waals surface area contributed by atoms with Gasteiger partial charge < -0.3 is 15.3 Å². The zero-order valence-corrected chi connectivity index (χ0v) is 9.97. The second kappa shape index (κ2) is 5.19. The van der Waals surface area contributed by atoms with E-state index >= 15 is 0 Å². The second-order valence-corrected chi connectivity index (χ2v) is 4.47. The van der Waals surface area contributed by atoms with E-state index in [0.717, 1.165) is 25.3 Å². The lowest BCUT2D eigenvalue weighted by Gasteiger charge is -2.36. The summed E-state index contributed by atoms with van der Waals surface area (Å²) in [5.74, 6) is -1.10. The molecule has 2 unspecified atom stereocenters. The van der Waals surface area contributed by atoms with Crippen molar-refractivity contribution in [3.8, 4) is 0 Å². The molecule has 4 heteroatoms. The fourth-order valence-corrected chi connectivity index (χ4v) is 2.16. The van der Waals surface area contributed by atoms with E-state index in [1.807, 2.05) is 18.2 Å². The molecule has 0 aliphatic carbocycles. The molecule has 2 N–H and O–H groups in total. The average molecular weight is 234 g/mol. The summed E-state index contributed by atoms with van der Waals surface area (Å²) in [5, 5.41) is 12.3. The first-order chi connectivity index (χ1) is 8.18. The number of carboxylic acids is 1. The van der Waals surface area contributed by atoms with Gasteiger partial charge in [-0.15, -0.1) is 0 Å². The Balaban J connectivity index is 2.05. The Bertz CT molecular complexity index is 380. The number of piperazine rings is 1. The Morgan fingerprint density at radius 3 is 2.82 bits per heavy atom. The molecule has 0 amide bonds. The minimum Gasteiger partial charge on any atom is -0.481 e. The molecular formula is C13H18N2O2. The van der Waals surface area contributed by atoms with Gasteiger partial charge in [0.25, 0.3) is 0 Å². The van der Waals surface area contributed by atoms with Crippen LogP contribution in [0.2, 0.25) is 0 Å². The standard InChI is InChI=1S/C13H18N2O2/c1-10(13(16)17)12-9-15(8-7-14-12)11-5-3-2-4-6-11/h2-6,10,12,14H,7-9H2,1H3,(H,16,17). The maximum atomic E-state index is 11.0. The van der Waals surface area contributed by atoms with Crippen LogP contribution < -0.4 is 10.2 Å². The summed E-state index contributed by atoms with van der Waals surface area (Å²) >= 11 is 0. The maximum absolute atomic E-state index is 11.0. The molecule has 0 radical (unpaired) electrons. The number of aliphatic carboxylic acids is 1. The number of benzene rings is 1. The molecule has 1 saturated heterocycles. The molecular weight excluding hydrogens is 216 g/mol. The van der Waals surface area contributed by atoms with Crippen LogP contribution in [-0.4, -0.2) is 36.8 Å². The Hall–Kier alpha value is -1.55. The largest absolute Gasteiger partial charge is 0.481 e. The van der Waals surface area contributed by atoms with E-state index in [1.165, 1.54) is 0 Å². The average Bonchev–Trinajstić information content (AvgIpc) is 2.39. The minimum absolute atomic E-state index is 0.0152. The summed E-state index contributed by atoms with van der Waals surface area (Å²) in [5.41, 5.74) is 1.16. The number of hydrogen-bond donors (Lipinski definition) is 2. The van der Waals surface area contributed by atoms with Crippen LogP contribution in [0.5, 0.6) is 0 Å². The number of rotatable bonds is 3. The number of nitrogens with one attached hydrogen (secondary N) is 1. The van der Waals surface area contributed by atoms with E-state index in [2.05, 4.69) is 22.3 Å². The van der Waals surface area contributed by atoms with Gasteiger partial charge in [0.2, 0.25) is 0 Å². The Kier molecular flexibility index (Phi) is 3.64. The smallest absolute Gasteiger partial charge is 0.307 e. The van der Waals surface area contributed by atoms with Crippen LogP contribution in [0.1, 0.15) is 6.92 Å². The molecule has 1 aliphatic rings. The lowest BCUT2D eigenvalue weighted by Crippen LogP contribution is -2.54. The number of carboxylic acid groups (broad SMARTS) is 1. The van der Waals surface area contributed by atoms with Crippen LogP contribution in [0.3, 0.4) is 0 Å². The molecule has 17 heavy (non-hydrogen) atoms. The molecule has 0 saturated carbocycles. The second-order valence-electron chi connectivity index (χ2n) is 4.47. The van der Waals surface area contributed by atoms with Gasteiger partial charge in [0.05, 0.1) is 5.92 Å². The van der Waals surface area contributed by atoms with Crippen molar-refractivity contribution in [2.24, 2.45) is 5.92 Å². The van der Waals surface area contributed by atoms with Gasteiger partial charge in [-0.25, -0.2) is 0 Å². The molecule has 2 atom stereocenters. The summed E-state index contributed by atoms with van der Waals surface area (Å²) in [6, 6.07) is 10.1. The zero-order valence-electron chi connectivity index (χ0n) is 9.97. The number of para-hydroxylation sites is 1. The van der Waals surface area contributed by atoms with Crippen molar-refractivity contribution in [1.29, 1.82) is 0 Å². The van der Waals surface area contributed by atoms with E-state index in [0.29, 0.717) is 0 Å². The highest BCUT2D eigenvalue weighted by atomic mass is 16.4. The van der Waals surface area contributed by atoms with Gasteiger partial charge in [0.1, 0.15) is 0 Å². The zero-order chi connectivity index (χ0) is 12.3. The Labute approximate surface area is 101 Å². The van der Waals surface area contributed by atoms with Crippen molar-refractivity contribution < 1.29 is 9.90 Å². The highest BCUT2D eigenvalue weighted by molar-refractivity contribution is 5.70. The van der Waals surface area contributed by atoms with Gasteiger partial charge >= 0.3 is 5.97 Å². The van der Waals surface area contributed by atoms with Crippen molar-refractivity contribution in [2.75, 3.05) is 24.5 Å². The van der Waals surface area contributed by atoms with Crippen molar-refractivity contribution in [3.05, 3.63) is 30.3 Å². The first kappa shape index (κ1) is 11.9. The van der Waals surface area contributed by atoms with Crippen molar-refractivity contribution in [3.63, 3.8) is 0 Å². The number of anilines is 1. The molecule has 1 aromatic carbocycles. The van der Waals surface area contributed by atoms with Gasteiger partial charge in [0.15, 0.2) is 0 Å². The number of nitrogens with zero attached hydrogens (tertiary/aromatic N) is 1. The molecule has 1 aromatic rings. The van der Waals surface area contributed by atoms with Crippen LogP contribution >= 0.6 is 0 Å². The van der Waals surface area contributed by atoms with Gasteiger partial charge in [0, 0.05) is 31.4 Å². The van der Waals surface area contributed by atoms with Crippen LogP contribution in [-0.2, 0) is 4.79 Å². The fourth-order valence-electron chi connectivity index (χ4n) is 2.16. The number of carbonyl (C=O) groups is 1. The van der Waals surface area contributed by atoms with E-state index in [9.17, 15) is 4.79 Å². The summed E-state index contributed by atoms with van der Waals surface area (Å²) in [6.45, 7) is 4.26. The first-order valence-corrected chi connectivity index (χ1v) is 5.94. The molecule has 1 heterocycles. The topological polar surface area (TPSA) is 52.6 Å². The predicted octanol–water partition coefficient (Wildman–Crippen LogP) is 1.19. The van der Waals surface area contributed by atoms with Crippen LogP contribution in [0.15, 0.2) is 30.3 Å². The van der Waals surface area contributed by atoms with Gasteiger partial charge in [-0.05, 0) is 12.1 Å². The third-order valence-corrected chi connectivity index (χ3v) is 3.32. The van der Waals surface area contributed by atoms with E-state index in [4.69, 9.17) is 5.11 Å². The van der Waals surface area contributed by atoms with E-state index < -0.39 is 5.97 Å². The normalized spacial score (nSPS) is 22.2. The third-order valence-electron chi connectivity index (χ3n) is 3.32. The molecule has 1 fully saturated rings. The van der Waals surface area contributed by atoms with E-state index in [-0.39, 0.29) is 12.0 Å². The molecule has 92 valence electrons. The lowest BCUT2D eigenvalue weighted by molar-refractivity contribution is -0.142. The van der Waals surface area contributed by atoms with E-state index in [1.54, 1.807) is 6.92 Å². The van der Waals surface area contributed by atoms with Crippen LogP contribution in [0.25, 0.3) is 0 Å². The number of hydrogen-bond acceptors (Lipinski definition) is 3. The van der Waals surface area contributed by atoms with Crippen LogP contribution in [0, 0.1) is 5.92 Å².